The van der Waals surface area contributed by atoms with Crippen LogP contribution in [0.2, 0.25) is 0 Å². The molecule has 4 heteroatoms. The van der Waals surface area contributed by atoms with E-state index in [1.165, 1.54) is 5.56 Å². The number of hydrogen-bond acceptors (Lipinski definition) is 2. The van der Waals surface area contributed by atoms with Crippen LogP contribution in [-0.4, -0.2) is 12.6 Å². The highest BCUT2D eigenvalue weighted by Crippen LogP contribution is 2.34. The molecular formula is C15H23Br2NO. The molecule has 108 valence electrons. The summed E-state index contributed by atoms with van der Waals surface area (Å²) in [6.07, 6.45) is 0. The highest BCUT2D eigenvalue weighted by molar-refractivity contribution is 9.11. The van der Waals surface area contributed by atoms with E-state index in [9.17, 15) is 0 Å². The molecule has 0 bridgehead atoms. The van der Waals surface area contributed by atoms with Crippen molar-refractivity contribution in [3.63, 3.8) is 0 Å². The lowest BCUT2D eigenvalue weighted by Gasteiger charge is -2.28. The molecule has 1 aromatic carbocycles. The molecule has 0 aromatic heterocycles. The van der Waals surface area contributed by atoms with Crippen LogP contribution in [0.4, 0.5) is 0 Å². The summed E-state index contributed by atoms with van der Waals surface area (Å²) in [6.45, 7) is 12.5. The summed E-state index contributed by atoms with van der Waals surface area (Å²) in [5.41, 5.74) is 1.50. The summed E-state index contributed by atoms with van der Waals surface area (Å²) >= 11 is 7.13. The average Bonchev–Trinajstić information content (AvgIpc) is 2.29. The third-order valence-electron chi connectivity index (χ3n) is 3.26. The lowest BCUT2D eigenvalue weighted by Crippen LogP contribution is -2.37. The van der Waals surface area contributed by atoms with Gasteiger partial charge in [-0.2, -0.15) is 0 Å². The van der Waals surface area contributed by atoms with Crippen LogP contribution in [0.25, 0.3) is 0 Å². The van der Waals surface area contributed by atoms with Crippen LogP contribution in [0, 0.1) is 5.41 Å². The van der Waals surface area contributed by atoms with Crippen LogP contribution in [0.1, 0.15) is 40.2 Å². The van der Waals surface area contributed by atoms with E-state index < -0.39 is 0 Å². The summed E-state index contributed by atoms with van der Waals surface area (Å²) in [5.74, 6) is 0.870. The van der Waals surface area contributed by atoms with Crippen LogP contribution >= 0.6 is 31.9 Å². The van der Waals surface area contributed by atoms with Gasteiger partial charge in [-0.1, -0.05) is 20.8 Å². The zero-order valence-electron chi connectivity index (χ0n) is 12.3. The van der Waals surface area contributed by atoms with Crippen LogP contribution < -0.4 is 10.1 Å². The van der Waals surface area contributed by atoms with Gasteiger partial charge in [-0.15, -0.1) is 0 Å². The van der Waals surface area contributed by atoms with Gasteiger partial charge in [-0.05, 0) is 68.8 Å². The van der Waals surface area contributed by atoms with Crippen LogP contribution in [0.3, 0.4) is 0 Å². The molecule has 0 saturated carbocycles. The third kappa shape index (κ3) is 5.09. The maximum Gasteiger partial charge on any atom is 0.147 e. The predicted octanol–water partition coefficient (Wildman–Crippen LogP) is 5.13. The Balaban J connectivity index is 2.76. The van der Waals surface area contributed by atoms with E-state index in [1.807, 2.05) is 6.92 Å². The summed E-state index contributed by atoms with van der Waals surface area (Å²) < 4.78 is 7.57. The first kappa shape index (κ1) is 17.0. The first-order valence-corrected chi connectivity index (χ1v) is 8.18. The molecule has 1 unspecified atom stereocenters. The maximum atomic E-state index is 5.59. The van der Waals surface area contributed by atoms with Gasteiger partial charge in [0.15, 0.2) is 0 Å². The molecule has 0 aliphatic heterocycles. The van der Waals surface area contributed by atoms with Crippen molar-refractivity contribution in [3.05, 3.63) is 26.6 Å². The minimum absolute atomic E-state index is 0.264. The zero-order chi connectivity index (χ0) is 14.6. The van der Waals surface area contributed by atoms with Crippen LogP contribution in [-0.2, 0) is 6.54 Å². The zero-order valence-corrected chi connectivity index (χ0v) is 15.5. The molecule has 0 spiro atoms. The Labute approximate surface area is 133 Å². The molecule has 0 radical (unpaired) electrons. The van der Waals surface area contributed by atoms with Crippen LogP contribution in [0.5, 0.6) is 5.75 Å². The lowest BCUT2D eigenvalue weighted by atomic mass is 9.88. The van der Waals surface area contributed by atoms with Crippen molar-refractivity contribution in [1.29, 1.82) is 0 Å². The number of hydrogen-bond donors (Lipinski definition) is 1. The van der Waals surface area contributed by atoms with Gasteiger partial charge in [0.05, 0.1) is 15.6 Å². The number of nitrogens with one attached hydrogen (secondary N) is 1. The van der Waals surface area contributed by atoms with Gasteiger partial charge in [0.25, 0.3) is 0 Å². The third-order valence-corrected chi connectivity index (χ3v) is 4.44. The summed E-state index contributed by atoms with van der Waals surface area (Å²) in [5, 5.41) is 3.56. The Hall–Kier alpha value is -0.0600. The average molecular weight is 393 g/mol. The number of benzene rings is 1. The molecule has 1 N–H and O–H groups in total. The summed E-state index contributed by atoms with van der Waals surface area (Å²) in [6, 6.07) is 4.67. The molecule has 0 aliphatic carbocycles. The van der Waals surface area contributed by atoms with Crippen molar-refractivity contribution in [2.75, 3.05) is 6.61 Å². The number of ether oxygens (including phenoxy) is 1. The Morgan fingerprint density at radius 1 is 1.21 bits per heavy atom. The van der Waals surface area contributed by atoms with Gasteiger partial charge in [0.2, 0.25) is 0 Å². The van der Waals surface area contributed by atoms with E-state index in [0.29, 0.717) is 12.6 Å². The normalized spacial score (nSPS) is 13.4. The monoisotopic (exact) mass is 391 g/mol. The van der Waals surface area contributed by atoms with Crippen molar-refractivity contribution in [2.45, 2.75) is 47.2 Å². The van der Waals surface area contributed by atoms with E-state index in [2.05, 4.69) is 77.0 Å². The molecular weight excluding hydrogens is 370 g/mol. The first-order chi connectivity index (χ1) is 8.75. The fraction of sp³-hybridized carbons (Fsp3) is 0.600. The Kier molecular flexibility index (Phi) is 6.34. The second kappa shape index (κ2) is 7.09. The Morgan fingerprint density at radius 3 is 2.16 bits per heavy atom. The number of rotatable bonds is 5. The highest BCUT2D eigenvalue weighted by atomic mass is 79.9. The smallest absolute Gasteiger partial charge is 0.147 e. The van der Waals surface area contributed by atoms with E-state index in [0.717, 1.165) is 21.2 Å². The summed E-state index contributed by atoms with van der Waals surface area (Å²) in [4.78, 5) is 0. The lowest BCUT2D eigenvalue weighted by molar-refractivity contribution is 0.285. The number of halogens is 2. The van der Waals surface area contributed by atoms with E-state index in [-0.39, 0.29) is 5.41 Å². The van der Waals surface area contributed by atoms with Crippen LogP contribution in [0.15, 0.2) is 21.1 Å². The standard InChI is InChI=1S/C15H23Br2NO/c1-6-19-14-12(16)7-11(8-13(14)17)9-18-10(2)15(3,4)5/h7-8,10,18H,6,9H2,1-5H3. The van der Waals surface area contributed by atoms with Crippen molar-refractivity contribution < 1.29 is 4.74 Å². The molecule has 0 aliphatic rings. The van der Waals surface area contributed by atoms with Gasteiger partial charge >= 0.3 is 0 Å². The van der Waals surface area contributed by atoms with E-state index >= 15 is 0 Å². The van der Waals surface area contributed by atoms with Crippen molar-refractivity contribution in [3.8, 4) is 5.75 Å². The fourth-order valence-corrected chi connectivity index (χ4v) is 3.08. The second-order valence-electron chi connectivity index (χ2n) is 5.79. The largest absolute Gasteiger partial charge is 0.492 e. The molecule has 1 rings (SSSR count). The van der Waals surface area contributed by atoms with Crippen molar-refractivity contribution in [2.24, 2.45) is 5.41 Å². The van der Waals surface area contributed by atoms with E-state index in [1.54, 1.807) is 0 Å². The molecule has 0 fully saturated rings. The van der Waals surface area contributed by atoms with Gasteiger partial charge in [-0.25, -0.2) is 0 Å². The van der Waals surface area contributed by atoms with Gasteiger partial charge in [0, 0.05) is 12.6 Å². The molecule has 0 saturated heterocycles. The van der Waals surface area contributed by atoms with Crippen molar-refractivity contribution >= 4 is 31.9 Å². The fourth-order valence-electron chi connectivity index (χ4n) is 1.57. The quantitative estimate of drug-likeness (QED) is 0.749. The summed E-state index contributed by atoms with van der Waals surface area (Å²) in [7, 11) is 0. The maximum absolute atomic E-state index is 5.59. The molecule has 1 atom stereocenters. The SMILES string of the molecule is CCOc1c(Br)cc(CNC(C)C(C)(C)C)cc1Br. The molecule has 1 aromatic rings. The predicted molar refractivity (Wildman–Crippen MR) is 88.8 cm³/mol. The molecule has 2 nitrogen and oxygen atoms in total. The Bertz CT molecular complexity index is 404. The minimum atomic E-state index is 0.264. The van der Waals surface area contributed by atoms with Gasteiger partial charge < -0.3 is 10.1 Å². The van der Waals surface area contributed by atoms with E-state index in [4.69, 9.17) is 4.74 Å². The topological polar surface area (TPSA) is 21.3 Å². The molecule has 0 heterocycles. The molecule has 0 amide bonds. The second-order valence-corrected chi connectivity index (χ2v) is 7.50. The Morgan fingerprint density at radius 2 is 1.74 bits per heavy atom. The minimum Gasteiger partial charge on any atom is -0.492 e. The van der Waals surface area contributed by atoms with Gasteiger partial charge in [-0.3, -0.25) is 0 Å². The first-order valence-electron chi connectivity index (χ1n) is 6.59. The molecule has 19 heavy (non-hydrogen) atoms. The van der Waals surface area contributed by atoms with Gasteiger partial charge in [0.1, 0.15) is 5.75 Å². The highest BCUT2D eigenvalue weighted by Gasteiger charge is 2.19. The van der Waals surface area contributed by atoms with Crippen molar-refractivity contribution in [1.82, 2.24) is 5.32 Å².